The number of thiocarbonyl (C=S) groups is 1. The van der Waals surface area contributed by atoms with E-state index in [1.165, 1.54) is 0 Å². The molecule has 124 valence electrons. The summed E-state index contributed by atoms with van der Waals surface area (Å²) in [7, 11) is 0. The van der Waals surface area contributed by atoms with Crippen LogP contribution in [0.5, 0.6) is 0 Å². The summed E-state index contributed by atoms with van der Waals surface area (Å²) in [6.45, 7) is 1.55. The maximum atomic E-state index is 11.5. The molecule has 4 heteroatoms. The van der Waals surface area contributed by atoms with Gasteiger partial charge in [0.15, 0.2) is 10.9 Å². The van der Waals surface area contributed by atoms with Gasteiger partial charge in [-0.1, -0.05) is 60.7 Å². The van der Waals surface area contributed by atoms with Crippen molar-refractivity contribution in [2.75, 3.05) is 10.6 Å². The second-order valence-electron chi connectivity index (χ2n) is 5.63. The molecule has 0 amide bonds. The van der Waals surface area contributed by atoms with E-state index in [-0.39, 0.29) is 5.78 Å². The molecule has 0 aliphatic carbocycles. The third kappa shape index (κ3) is 4.31. The standard InChI is InChI=1S/C21H18N2OS/c1-15(24)17-10-7-11-18(14-17)22-21(25)23-20-13-6-5-12-19(20)16-8-3-2-4-9-16/h2-14H,1H3,(H2,22,23,25). The van der Waals surface area contributed by atoms with Crippen LogP contribution in [0.4, 0.5) is 11.4 Å². The van der Waals surface area contributed by atoms with Gasteiger partial charge in [0.1, 0.15) is 0 Å². The predicted molar refractivity (Wildman–Crippen MR) is 108 cm³/mol. The molecular formula is C21H18N2OS. The monoisotopic (exact) mass is 346 g/mol. The summed E-state index contributed by atoms with van der Waals surface area (Å²) in [5.74, 6) is 0.0250. The Morgan fingerprint density at radius 3 is 2.32 bits per heavy atom. The average molecular weight is 346 g/mol. The van der Waals surface area contributed by atoms with E-state index in [0.29, 0.717) is 10.7 Å². The molecule has 0 radical (unpaired) electrons. The largest absolute Gasteiger partial charge is 0.332 e. The third-order valence-electron chi connectivity index (χ3n) is 3.79. The molecule has 0 fully saturated rings. The molecule has 3 aromatic rings. The van der Waals surface area contributed by atoms with Crippen molar-refractivity contribution in [3.05, 3.63) is 84.4 Å². The summed E-state index contributed by atoms with van der Waals surface area (Å²) in [5, 5.41) is 6.85. The first kappa shape index (κ1) is 16.9. The van der Waals surface area contributed by atoms with Crippen molar-refractivity contribution in [1.29, 1.82) is 0 Å². The molecule has 0 spiro atoms. The van der Waals surface area contributed by atoms with Crippen LogP contribution in [0.1, 0.15) is 17.3 Å². The molecule has 0 atom stereocenters. The van der Waals surface area contributed by atoms with Crippen molar-refractivity contribution in [2.24, 2.45) is 0 Å². The highest BCUT2D eigenvalue weighted by molar-refractivity contribution is 7.80. The van der Waals surface area contributed by atoms with Gasteiger partial charge in [-0.2, -0.15) is 0 Å². The van der Waals surface area contributed by atoms with E-state index < -0.39 is 0 Å². The van der Waals surface area contributed by atoms with Crippen molar-refractivity contribution >= 4 is 34.5 Å². The van der Waals surface area contributed by atoms with Gasteiger partial charge in [0.05, 0.1) is 0 Å². The van der Waals surface area contributed by atoms with E-state index in [1.54, 1.807) is 19.1 Å². The predicted octanol–water partition coefficient (Wildman–Crippen LogP) is 5.37. The van der Waals surface area contributed by atoms with E-state index in [9.17, 15) is 4.79 Å². The molecule has 25 heavy (non-hydrogen) atoms. The second kappa shape index (κ2) is 7.73. The van der Waals surface area contributed by atoms with E-state index in [1.807, 2.05) is 48.5 Å². The summed E-state index contributed by atoms with van der Waals surface area (Å²) in [6.07, 6.45) is 0. The summed E-state index contributed by atoms with van der Waals surface area (Å²) in [4.78, 5) is 11.5. The Balaban J connectivity index is 1.78. The second-order valence-corrected chi connectivity index (χ2v) is 6.04. The number of hydrogen-bond donors (Lipinski definition) is 2. The van der Waals surface area contributed by atoms with Gasteiger partial charge >= 0.3 is 0 Å². The van der Waals surface area contributed by atoms with Crippen LogP contribution in [0.15, 0.2) is 78.9 Å². The van der Waals surface area contributed by atoms with Crippen LogP contribution >= 0.6 is 12.2 Å². The van der Waals surface area contributed by atoms with Gasteiger partial charge in [0.2, 0.25) is 0 Å². The number of anilines is 2. The van der Waals surface area contributed by atoms with Crippen molar-refractivity contribution in [3.63, 3.8) is 0 Å². The Labute approximate surface area is 152 Å². The summed E-state index contributed by atoms with van der Waals surface area (Å²) in [5.41, 5.74) is 4.55. The minimum absolute atomic E-state index is 0.0250. The van der Waals surface area contributed by atoms with Gasteiger partial charge in [-0.05, 0) is 42.9 Å². The molecule has 3 rings (SSSR count). The fourth-order valence-electron chi connectivity index (χ4n) is 2.56. The number of ketones is 1. The Kier molecular flexibility index (Phi) is 5.21. The lowest BCUT2D eigenvalue weighted by atomic mass is 10.0. The molecular weight excluding hydrogens is 328 g/mol. The number of para-hydroxylation sites is 1. The van der Waals surface area contributed by atoms with Crippen molar-refractivity contribution < 1.29 is 4.79 Å². The lowest BCUT2D eigenvalue weighted by Crippen LogP contribution is -2.19. The molecule has 0 bridgehead atoms. The minimum atomic E-state index is 0.0250. The van der Waals surface area contributed by atoms with Gasteiger partial charge < -0.3 is 10.6 Å². The molecule has 3 aromatic carbocycles. The zero-order valence-corrected chi connectivity index (χ0v) is 14.6. The van der Waals surface area contributed by atoms with Crippen LogP contribution < -0.4 is 10.6 Å². The van der Waals surface area contributed by atoms with Crippen LogP contribution in [-0.2, 0) is 0 Å². The first-order valence-electron chi connectivity index (χ1n) is 7.97. The Bertz CT molecular complexity index is 907. The highest BCUT2D eigenvalue weighted by Gasteiger charge is 2.07. The van der Waals surface area contributed by atoms with Crippen molar-refractivity contribution in [1.82, 2.24) is 0 Å². The van der Waals surface area contributed by atoms with Crippen LogP contribution in [0.25, 0.3) is 11.1 Å². The zero-order chi connectivity index (χ0) is 17.6. The topological polar surface area (TPSA) is 41.1 Å². The lowest BCUT2D eigenvalue weighted by molar-refractivity contribution is 0.101. The zero-order valence-electron chi connectivity index (χ0n) is 13.8. The van der Waals surface area contributed by atoms with Crippen molar-refractivity contribution in [2.45, 2.75) is 6.92 Å². The van der Waals surface area contributed by atoms with E-state index in [2.05, 4.69) is 28.8 Å². The summed E-state index contributed by atoms with van der Waals surface area (Å²) < 4.78 is 0. The maximum absolute atomic E-state index is 11.5. The van der Waals surface area contributed by atoms with Gasteiger partial charge in [-0.25, -0.2) is 0 Å². The quantitative estimate of drug-likeness (QED) is 0.492. The van der Waals surface area contributed by atoms with Crippen LogP contribution in [0.3, 0.4) is 0 Å². The number of hydrogen-bond acceptors (Lipinski definition) is 2. The van der Waals surface area contributed by atoms with Crippen LogP contribution in [0, 0.1) is 0 Å². The van der Waals surface area contributed by atoms with Gasteiger partial charge in [0.25, 0.3) is 0 Å². The molecule has 0 unspecified atom stereocenters. The number of benzene rings is 3. The molecule has 3 nitrogen and oxygen atoms in total. The molecule has 0 aliphatic rings. The van der Waals surface area contributed by atoms with Gasteiger partial charge in [0, 0.05) is 22.5 Å². The fraction of sp³-hybridized carbons (Fsp3) is 0.0476. The Hall–Kier alpha value is -2.98. The smallest absolute Gasteiger partial charge is 0.175 e. The number of nitrogens with one attached hydrogen (secondary N) is 2. The van der Waals surface area contributed by atoms with Gasteiger partial charge in [-0.15, -0.1) is 0 Å². The molecule has 0 saturated carbocycles. The Morgan fingerprint density at radius 2 is 1.56 bits per heavy atom. The minimum Gasteiger partial charge on any atom is -0.332 e. The highest BCUT2D eigenvalue weighted by atomic mass is 32.1. The highest BCUT2D eigenvalue weighted by Crippen LogP contribution is 2.27. The van der Waals surface area contributed by atoms with Gasteiger partial charge in [-0.3, -0.25) is 4.79 Å². The summed E-state index contributed by atoms with van der Waals surface area (Å²) >= 11 is 5.43. The van der Waals surface area contributed by atoms with E-state index in [4.69, 9.17) is 12.2 Å². The first-order valence-corrected chi connectivity index (χ1v) is 8.38. The van der Waals surface area contributed by atoms with E-state index >= 15 is 0 Å². The van der Waals surface area contributed by atoms with E-state index in [0.717, 1.165) is 22.5 Å². The molecule has 0 saturated heterocycles. The number of carbonyl (C=O) groups excluding carboxylic acids is 1. The first-order chi connectivity index (χ1) is 12.1. The fourth-order valence-corrected chi connectivity index (χ4v) is 2.79. The summed E-state index contributed by atoms with van der Waals surface area (Å²) in [6, 6.07) is 25.4. The Morgan fingerprint density at radius 1 is 0.840 bits per heavy atom. The SMILES string of the molecule is CC(=O)c1cccc(NC(=S)Nc2ccccc2-c2ccccc2)c1. The molecule has 0 aliphatic heterocycles. The lowest BCUT2D eigenvalue weighted by Gasteiger charge is -2.14. The third-order valence-corrected chi connectivity index (χ3v) is 3.99. The van der Waals surface area contributed by atoms with Crippen LogP contribution in [-0.4, -0.2) is 10.9 Å². The van der Waals surface area contributed by atoms with Crippen molar-refractivity contribution in [3.8, 4) is 11.1 Å². The number of rotatable bonds is 4. The maximum Gasteiger partial charge on any atom is 0.175 e. The van der Waals surface area contributed by atoms with Crippen LogP contribution in [0.2, 0.25) is 0 Å². The number of carbonyl (C=O) groups is 1. The number of Topliss-reactive ketones (excluding diaryl/α,β-unsaturated/α-hetero) is 1. The molecule has 0 aromatic heterocycles. The molecule has 0 heterocycles. The normalized spacial score (nSPS) is 10.1. The molecule has 2 N–H and O–H groups in total. The average Bonchev–Trinajstić information content (AvgIpc) is 2.63.